The van der Waals surface area contributed by atoms with Crippen molar-refractivity contribution in [2.75, 3.05) is 18.4 Å². The van der Waals surface area contributed by atoms with Crippen molar-refractivity contribution in [2.24, 2.45) is 7.05 Å². The fraction of sp³-hybridized carbons (Fsp3) is 0.300. The molecule has 0 bridgehead atoms. The number of imidazole rings is 1. The molecule has 0 unspecified atom stereocenters. The minimum atomic E-state index is -3.86. The second kappa shape index (κ2) is 7.77. The second-order valence-electron chi connectivity index (χ2n) is 7.39. The van der Waals surface area contributed by atoms with Crippen LogP contribution in [0.5, 0.6) is 0 Å². The fourth-order valence-electron chi connectivity index (χ4n) is 3.66. The molecule has 1 aliphatic heterocycles. The highest BCUT2D eigenvalue weighted by Crippen LogP contribution is 2.33. The maximum absolute atomic E-state index is 14.5. The van der Waals surface area contributed by atoms with Gasteiger partial charge in [-0.3, -0.25) is 4.98 Å². The van der Waals surface area contributed by atoms with Gasteiger partial charge in [0.1, 0.15) is 11.6 Å². The minimum Gasteiger partial charge on any atom is -0.380 e. The predicted octanol–water partition coefficient (Wildman–Crippen LogP) is 2.67. The predicted molar refractivity (Wildman–Crippen MR) is 107 cm³/mol. The number of nitrogens with zero attached hydrogens (tertiary/aromatic N) is 4. The van der Waals surface area contributed by atoms with E-state index >= 15 is 0 Å². The first-order valence-electron chi connectivity index (χ1n) is 9.37. The Hall–Kier alpha value is -2.85. The number of benzene rings is 1. The van der Waals surface area contributed by atoms with Crippen LogP contribution in [0.1, 0.15) is 17.2 Å². The number of sulfonamides is 1. The molecule has 0 spiro atoms. The van der Waals surface area contributed by atoms with Gasteiger partial charge in [0.15, 0.2) is 5.03 Å². The summed E-state index contributed by atoms with van der Waals surface area (Å²) in [6.07, 6.45) is 4.32. The third kappa shape index (κ3) is 3.80. The van der Waals surface area contributed by atoms with Gasteiger partial charge in [-0.05, 0) is 42.8 Å². The van der Waals surface area contributed by atoms with Crippen LogP contribution in [0.3, 0.4) is 0 Å². The summed E-state index contributed by atoms with van der Waals surface area (Å²) in [4.78, 5) is 8.12. The van der Waals surface area contributed by atoms with E-state index in [-0.39, 0.29) is 29.6 Å². The van der Waals surface area contributed by atoms with E-state index in [9.17, 15) is 17.2 Å². The van der Waals surface area contributed by atoms with Crippen molar-refractivity contribution in [3.8, 4) is 0 Å². The van der Waals surface area contributed by atoms with Gasteiger partial charge in [0.05, 0.1) is 12.0 Å². The number of rotatable bonds is 5. The van der Waals surface area contributed by atoms with E-state index in [2.05, 4.69) is 15.3 Å². The molecule has 4 rings (SSSR count). The van der Waals surface area contributed by atoms with Crippen molar-refractivity contribution >= 4 is 15.7 Å². The van der Waals surface area contributed by atoms with Crippen LogP contribution in [0.15, 0.2) is 54.1 Å². The Labute approximate surface area is 173 Å². The summed E-state index contributed by atoms with van der Waals surface area (Å²) < 4.78 is 57.1. The van der Waals surface area contributed by atoms with Crippen LogP contribution < -0.4 is 5.32 Å². The molecule has 1 aliphatic rings. The van der Waals surface area contributed by atoms with Gasteiger partial charge in [-0.2, -0.15) is 4.31 Å². The average Bonchev–Trinajstić information content (AvgIpc) is 3.32. The lowest BCUT2D eigenvalue weighted by atomic mass is 9.98. The molecule has 0 amide bonds. The van der Waals surface area contributed by atoms with Crippen LogP contribution in [0.2, 0.25) is 0 Å². The maximum Gasteiger partial charge on any atom is 0.262 e. The SMILES string of the molecule is Cc1cc(N[C@@H]2CN(S(=O)(=O)c3cn(C)cn3)C[C@H]2c2ncccc2F)ccc1F. The smallest absolute Gasteiger partial charge is 0.262 e. The van der Waals surface area contributed by atoms with Crippen molar-refractivity contribution in [1.82, 2.24) is 18.8 Å². The summed E-state index contributed by atoms with van der Waals surface area (Å²) >= 11 is 0. The highest BCUT2D eigenvalue weighted by Gasteiger charge is 2.42. The largest absolute Gasteiger partial charge is 0.380 e. The van der Waals surface area contributed by atoms with E-state index in [4.69, 9.17) is 0 Å². The Morgan fingerprint density at radius 2 is 1.93 bits per heavy atom. The van der Waals surface area contributed by atoms with Gasteiger partial charge in [-0.25, -0.2) is 22.2 Å². The van der Waals surface area contributed by atoms with Crippen LogP contribution in [-0.2, 0) is 17.1 Å². The number of nitrogens with one attached hydrogen (secondary N) is 1. The monoisotopic (exact) mass is 433 g/mol. The van der Waals surface area contributed by atoms with Gasteiger partial charge < -0.3 is 9.88 Å². The standard InChI is InChI=1S/C20H21F2N5O2S/c1-13-8-14(5-6-16(13)21)25-18-10-27(30(28,29)19-11-26(2)12-24-19)9-15(18)20-17(22)4-3-7-23-20/h3-8,11-12,15,18,25H,9-10H2,1-2H3/t15-,18-/m1/s1. The van der Waals surface area contributed by atoms with Crippen LogP contribution in [-0.4, -0.2) is 46.4 Å². The van der Waals surface area contributed by atoms with Gasteiger partial charge in [0, 0.05) is 50.2 Å². The maximum atomic E-state index is 14.5. The third-order valence-electron chi connectivity index (χ3n) is 5.22. The van der Waals surface area contributed by atoms with Crippen LogP contribution in [0.4, 0.5) is 14.5 Å². The van der Waals surface area contributed by atoms with Crippen LogP contribution in [0.25, 0.3) is 0 Å². The van der Waals surface area contributed by atoms with Crippen LogP contribution >= 0.6 is 0 Å². The van der Waals surface area contributed by atoms with Crippen molar-refractivity contribution in [3.05, 3.63) is 71.9 Å². The molecule has 3 aromatic rings. The van der Waals surface area contributed by atoms with Crippen molar-refractivity contribution < 1.29 is 17.2 Å². The molecule has 2 aromatic heterocycles. The van der Waals surface area contributed by atoms with E-state index in [1.54, 1.807) is 30.7 Å². The third-order valence-corrected chi connectivity index (χ3v) is 6.94. The molecule has 10 heteroatoms. The Morgan fingerprint density at radius 3 is 2.60 bits per heavy atom. The lowest BCUT2D eigenvalue weighted by Crippen LogP contribution is -2.32. The van der Waals surface area contributed by atoms with E-state index < -0.39 is 27.8 Å². The summed E-state index contributed by atoms with van der Waals surface area (Å²) in [7, 11) is -2.18. The Kier molecular flexibility index (Phi) is 5.29. The first-order chi connectivity index (χ1) is 14.3. The molecular weight excluding hydrogens is 412 g/mol. The normalized spacial score (nSPS) is 19.9. The average molecular weight is 433 g/mol. The first-order valence-corrected chi connectivity index (χ1v) is 10.8. The number of pyridine rings is 1. The summed E-state index contributed by atoms with van der Waals surface area (Å²) in [5.74, 6) is -1.37. The molecule has 1 N–H and O–H groups in total. The molecule has 0 aliphatic carbocycles. The molecule has 0 saturated carbocycles. The molecule has 158 valence electrons. The zero-order chi connectivity index (χ0) is 21.5. The van der Waals surface area contributed by atoms with E-state index in [1.807, 2.05) is 0 Å². The zero-order valence-corrected chi connectivity index (χ0v) is 17.3. The number of anilines is 1. The molecule has 3 heterocycles. The van der Waals surface area contributed by atoms with Gasteiger partial charge >= 0.3 is 0 Å². The number of hydrogen-bond donors (Lipinski definition) is 1. The number of halogens is 2. The van der Waals surface area contributed by atoms with Gasteiger partial charge in [-0.1, -0.05) is 0 Å². The fourth-order valence-corrected chi connectivity index (χ4v) is 5.12. The number of aryl methyl sites for hydroxylation is 2. The molecule has 7 nitrogen and oxygen atoms in total. The van der Waals surface area contributed by atoms with E-state index in [1.165, 1.54) is 41.2 Å². The topological polar surface area (TPSA) is 80.1 Å². The Balaban J connectivity index is 1.68. The quantitative estimate of drug-likeness (QED) is 0.669. The number of hydrogen-bond acceptors (Lipinski definition) is 5. The lowest BCUT2D eigenvalue weighted by molar-refractivity contribution is 0.466. The van der Waals surface area contributed by atoms with Crippen molar-refractivity contribution in [3.63, 3.8) is 0 Å². The van der Waals surface area contributed by atoms with E-state index in [0.29, 0.717) is 11.3 Å². The molecule has 1 saturated heterocycles. The molecule has 2 atom stereocenters. The molecule has 1 fully saturated rings. The summed E-state index contributed by atoms with van der Waals surface area (Å²) in [6.45, 7) is 1.78. The van der Waals surface area contributed by atoms with Crippen LogP contribution in [0, 0.1) is 18.6 Å². The zero-order valence-electron chi connectivity index (χ0n) is 16.5. The van der Waals surface area contributed by atoms with Gasteiger partial charge in [0.25, 0.3) is 10.0 Å². The Morgan fingerprint density at radius 1 is 1.13 bits per heavy atom. The summed E-state index contributed by atoms with van der Waals surface area (Å²) in [5, 5.41) is 3.17. The van der Waals surface area contributed by atoms with Gasteiger partial charge in [0.2, 0.25) is 0 Å². The van der Waals surface area contributed by atoms with E-state index in [0.717, 1.165) is 0 Å². The molecular formula is C20H21F2N5O2S. The van der Waals surface area contributed by atoms with Crippen molar-refractivity contribution in [2.45, 2.75) is 23.9 Å². The molecule has 1 aromatic carbocycles. The summed E-state index contributed by atoms with van der Waals surface area (Å²) in [5.41, 5.74) is 1.27. The van der Waals surface area contributed by atoms with Crippen molar-refractivity contribution in [1.29, 1.82) is 0 Å². The first kappa shape index (κ1) is 20.4. The highest BCUT2D eigenvalue weighted by molar-refractivity contribution is 7.89. The minimum absolute atomic E-state index is 0.0463. The highest BCUT2D eigenvalue weighted by atomic mass is 32.2. The molecule has 0 radical (unpaired) electrons. The number of aromatic nitrogens is 3. The summed E-state index contributed by atoms with van der Waals surface area (Å²) in [6, 6.07) is 6.88. The molecule has 30 heavy (non-hydrogen) atoms. The Bertz CT molecular complexity index is 1180. The second-order valence-corrected chi connectivity index (χ2v) is 9.28. The van der Waals surface area contributed by atoms with Gasteiger partial charge in [-0.15, -0.1) is 0 Å². The lowest BCUT2D eigenvalue weighted by Gasteiger charge is -2.21.